The van der Waals surface area contributed by atoms with Gasteiger partial charge in [-0.1, -0.05) is 42.1 Å². The van der Waals surface area contributed by atoms with Crippen molar-refractivity contribution in [2.75, 3.05) is 18.5 Å². The highest BCUT2D eigenvalue weighted by atomic mass is 35.5. The number of amides is 1. The predicted molar refractivity (Wildman–Crippen MR) is 139 cm³/mol. The molecule has 3 aromatic carbocycles. The normalized spacial score (nSPS) is 10.8. The van der Waals surface area contributed by atoms with Crippen LogP contribution in [-0.2, 0) is 0 Å². The number of carbonyl (C=O) groups is 2. The minimum atomic E-state index is -0.510. The summed E-state index contributed by atoms with van der Waals surface area (Å²) in [4.78, 5) is 25.8. The van der Waals surface area contributed by atoms with E-state index in [1.807, 2.05) is 0 Å². The minimum Gasteiger partial charge on any atom is -0.396 e. The van der Waals surface area contributed by atoms with Crippen molar-refractivity contribution in [1.29, 1.82) is 0 Å². The van der Waals surface area contributed by atoms with Crippen LogP contribution >= 0.6 is 23.2 Å². The summed E-state index contributed by atoms with van der Waals surface area (Å²) in [5.41, 5.74) is 2.51. The average molecular weight is 517 g/mol. The van der Waals surface area contributed by atoms with Gasteiger partial charge in [0.1, 0.15) is 5.82 Å². The number of carbonyl (C=O) groups excluding carboxylic acids is 2. The van der Waals surface area contributed by atoms with Gasteiger partial charge in [0.2, 0.25) is 0 Å². The molecule has 3 N–H and O–H groups in total. The first-order valence-corrected chi connectivity index (χ1v) is 12.1. The number of hydrogen-bond donors (Lipinski definition) is 3. The number of rotatable bonds is 11. The van der Waals surface area contributed by atoms with Gasteiger partial charge >= 0.3 is 0 Å². The number of nitrogens with one attached hydrogen (secondary N) is 2. The molecule has 0 aliphatic rings. The first kappa shape index (κ1) is 26.7. The van der Waals surface area contributed by atoms with Crippen LogP contribution < -0.4 is 10.6 Å². The maximum absolute atomic E-state index is 14.1. The monoisotopic (exact) mass is 516 g/mol. The number of halogens is 3. The van der Waals surface area contributed by atoms with Gasteiger partial charge in [0.15, 0.2) is 5.78 Å². The molecule has 0 heterocycles. The lowest BCUT2D eigenvalue weighted by Gasteiger charge is -2.12. The number of aliphatic hydroxyl groups excluding tert-OH is 1. The Morgan fingerprint density at radius 2 is 1.69 bits per heavy atom. The van der Waals surface area contributed by atoms with E-state index in [2.05, 4.69) is 10.6 Å². The summed E-state index contributed by atoms with van der Waals surface area (Å²) in [6, 6.07) is 14.0. The molecule has 0 unspecified atom stereocenters. The molecule has 0 bridgehead atoms. The third-order valence-corrected chi connectivity index (χ3v) is 6.09. The van der Waals surface area contributed by atoms with Crippen LogP contribution in [-0.4, -0.2) is 29.9 Å². The Morgan fingerprint density at radius 3 is 2.40 bits per heavy atom. The van der Waals surface area contributed by atoms with Crippen LogP contribution in [0.5, 0.6) is 0 Å². The van der Waals surface area contributed by atoms with Crippen molar-refractivity contribution in [1.82, 2.24) is 5.32 Å². The second-order valence-corrected chi connectivity index (χ2v) is 9.04. The Morgan fingerprint density at radius 1 is 0.914 bits per heavy atom. The first-order valence-electron chi connectivity index (χ1n) is 11.4. The maximum Gasteiger partial charge on any atom is 0.251 e. The zero-order chi connectivity index (χ0) is 25.4. The van der Waals surface area contributed by atoms with Crippen LogP contribution in [0.25, 0.3) is 0 Å². The molecule has 8 heteroatoms. The largest absolute Gasteiger partial charge is 0.396 e. The SMILES string of the molecule is Cc1ccc(C(=O)NCCCCCCO)cc1C(=O)c1ccc(Nc2ccc(Cl)cc2F)cc1Cl. The summed E-state index contributed by atoms with van der Waals surface area (Å²) in [5, 5.41) is 15.1. The van der Waals surface area contributed by atoms with E-state index in [-0.39, 0.29) is 39.6 Å². The van der Waals surface area contributed by atoms with Crippen LogP contribution in [0, 0.1) is 12.7 Å². The molecular formula is C27H27Cl2FN2O3. The lowest BCUT2D eigenvalue weighted by atomic mass is 9.96. The molecule has 184 valence electrons. The van der Waals surface area contributed by atoms with E-state index in [0.717, 1.165) is 31.2 Å². The molecule has 0 aliphatic carbocycles. The topological polar surface area (TPSA) is 78.4 Å². The van der Waals surface area contributed by atoms with Gasteiger partial charge in [0.05, 0.1) is 10.7 Å². The molecule has 5 nitrogen and oxygen atoms in total. The van der Waals surface area contributed by atoms with Gasteiger partial charge in [0, 0.05) is 40.6 Å². The van der Waals surface area contributed by atoms with Crippen molar-refractivity contribution in [3.63, 3.8) is 0 Å². The third kappa shape index (κ3) is 7.28. The highest BCUT2D eigenvalue weighted by Crippen LogP contribution is 2.28. The zero-order valence-electron chi connectivity index (χ0n) is 19.3. The third-order valence-electron chi connectivity index (χ3n) is 5.54. The Bertz CT molecular complexity index is 1220. The highest BCUT2D eigenvalue weighted by Gasteiger charge is 2.18. The van der Waals surface area contributed by atoms with Crippen molar-refractivity contribution in [3.8, 4) is 0 Å². The van der Waals surface area contributed by atoms with Crippen molar-refractivity contribution in [3.05, 3.63) is 92.7 Å². The van der Waals surface area contributed by atoms with Gasteiger partial charge in [0.25, 0.3) is 5.91 Å². The average Bonchev–Trinajstić information content (AvgIpc) is 2.83. The molecule has 35 heavy (non-hydrogen) atoms. The number of aryl methyl sites for hydroxylation is 1. The summed E-state index contributed by atoms with van der Waals surface area (Å²) >= 11 is 12.2. The van der Waals surface area contributed by atoms with Gasteiger partial charge in [-0.25, -0.2) is 4.39 Å². The summed E-state index contributed by atoms with van der Waals surface area (Å²) in [5.74, 6) is -1.07. The van der Waals surface area contributed by atoms with Gasteiger partial charge in [-0.3, -0.25) is 9.59 Å². The second kappa shape index (κ2) is 12.7. The minimum absolute atomic E-state index is 0.177. The number of aliphatic hydroxyl groups is 1. The van der Waals surface area contributed by atoms with E-state index in [1.165, 1.54) is 12.1 Å². The molecule has 0 spiro atoms. The Hall–Kier alpha value is -2.93. The number of anilines is 2. The van der Waals surface area contributed by atoms with Gasteiger partial charge in [-0.15, -0.1) is 0 Å². The zero-order valence-corrected chi connectivity index (χ0v) is 20.8. The standard InChI is InChI=1S/C27H27Cl2FN2O3/c1-17-6-7-18(27(35)31-12-4-2-3-5-13-33)14-22(17)26(34)21-10-9-20(16-23(21)29)32-25-11-8-19(28)15-24(25)30/h6-11,14-16,32-33H,2-5,12-13H2,1H3,(H,31,35). The van der Waals surface area contributed by atoms with E-state index < -0.39 is 5.82 Å². The molecule has 0 aromatic heterocycles. The lowest BCUT2D eigenvalue weighted by molar-refractivity contribution is 0.0952. The van der Waals surface area contributed by atoms with Crippen LogP contribution in [0.3, 0.4) is 0 Å². The summed E-state index contributed by atoms with van der Waals surface area (Å²) < 4.78 is 14.1. The summed E-state index contributed by atoms with van der Waals surface area (Å²) in [6.07, 6.45) is 3.42. The number of unbranched alkanes of at least 4 members (excludes halogenated alkanes) is 3. The predicted octanol–water partition coefficient (Wildman–Crippen LogP) is 6.70. The van der Waals surface area contributed by atoms with Crippen LogP contribution in [0.2, 0.25) is 10.0 Å². The smallest absolute Gasteiger partial charge is 0.251 e. The summed E-state index contributed by atoms with van der Waals surface area (Å²) in [6.45, 7) is 2.50. The molecule has 0 aliphatic heterocycles. The van der Waals surface area contributed by atoms with Crippen LogP contribution in [0.15, 0.2) is 54.6 Å². The Balaban J connectivity index is 1.72. The van der Waals surface area contributed by atoms with Gasteiger partial charge in [-0.05, 0) is 73.9 Å². The molecule has 0 saturated carbocycles. The van der Waals surface area contributed by atoms with Crippen LogP contribution in [0.4, 0.5) is 15.8 Å². The first-order chi connectivity index (χ1) is 16.8. The van der Waals surface area contributed by atoms with Crippen molar-refractivity contribution in [2.45, 2.75) is 32.6 Å². The molecule has 0 saturated heterocycles. The Kier molecular flexibility index (Phi) is 9.66. The molecule has 0 fully saturated rings. The lowest BCUT2D eigenvalue weighted by Crippen LogP contribution is -2.24. The summed E-state index contributed by atoms with van der Waals surface area (Å²) in [7, 11) is 0. The molecule has 0 radical (unpaired) electrons. The quantitative estimate of drug-likeness (QED) is 0.195. The second-order valence-electron chi connectivity index (χ2n) is 8.20. The molecular weight excluding hydrogens is 490 g/mol. The Labute approximate surface area is 214 Å². The van der Waals surface area contributed by atoms with Crippen molar-refractivity contribution >= 4 is 46.3 Å². The molecule has 3 rings (SSSR count). The maximum atomic E-state index is 14.1. The van der Waals surface area contributed by atoms with Gasteiger partial charge in [-0.2, -0.15) is 0 Å². The molecule has 0 atom stereocenters. The molecule has 1 amide bonds. The van der Waals surface area contributed by atoms with Crippen LogP contribution in [0.1, 0.15) is 57.5 Å². The van der Waals surface area contributed by atoms with Crippen molar-refractivity contribution in [2.24, 2.45) is 0 Å². The van der Waals surface area contributed by atoms with E-state index in [4.69, 9.17) is 28.3 Å². The fraction of sp³-hybridized carbons (Fsp3) is 0.259. The van der Waals surface area contributed by atoms with E-state index in [1.54, 1.807) is 49.4 Å². The number of benzene rings is 3. The van der Waals surface area contributed by atoms with E-state index >= 15 is 0 Å². The van der Waals surface area contributed by atoms with Crippen molar-refractivity contribution < 1.29 is 19.1 Å². The fourth-order valence-electron chi connectivity index (χ4n) is 3.57. The molecule has 3 aromatic rings. The van der Waals surface area contributed by atoms with E-state index in [9.17, 15) is 14.0 Å². The van der Waals surface area contributed by atoms with E-state index in [0.29, 0.717) is 23.4 Å². The number of hydrogen-bond acceptors (Lipinski definition) is 4. The number of ketones is 1. The van der Waals surface area contributed by atoms with Gasteiger partial charge < -0.3 is 15.7 Å². The highest BCUT2D eigenvalue weighted by molar-refractivity contribution is 6.35. The fourth-order valence-corrected chi connectivity index (χ4v) is 4.00.